The third kappa shape index (κ3) is 2.01. The minimum Gasteiger partial charge on any atom is -0.329 e. The molecule has 0 aliphatic heterocycles. The van der Waals surface area contributed by atoms with Crippen molar-refractivity contribution >= 4 is 35.1 Å². The average Bonchev–Trinajstić information content (AvgIpc) is 2.58. The fourth-order valence-electron chi connectivity index (χ4n) is 1.67. The van der Waals surface area contributed by atoms with Crippen molar-refractivity contribution in [2.45, 2.75) is 25.6 Å². The SMILES string of the molecule is CSC(C)Cn1c(=S)[nH]c2c(C)ccnc21. The molecule has 1 unspecified atom stereocenters. The molecule has 5 heteroatoms. The minimum absolute atomic E-state index is 0.535. The predicted molar refractivity (Wildman–Crippen MR) is 72.6 cm³/mol. The van der Waals surface area contributed by atoms with Crippen LogP contribution in [0.5, 0.6) is 0 Å². The second-order valence-electron chi connectivity index (χ2n) is 3.91. The summed E-state index contributed by atoms with van der Waals surface area (Å²) in [5, 5.41) is 0.535. The molecular weight excluding hydrogens is 238 g/mol. The van der Waals surface area contributed by atoms with Gasteiger partial charge in [-0.3, -0.25) is 0 Å². The van der Waals surface area contributed by atoms with Crippen molar-refractivity contribution in [3.05, 3.63) is 22.6 Å². The minimum atomic E-state index is 0.535. The molecule has 0 bridgehead atoms. The average molecular weight is 253 g/mol. The molecule has 0 spiro atoms. The number of aryl methyl sites for hydroxylation is 1. The van der Waals surface area contributed by atoms with E-state index in [9.17, 15) is 0 Å². The maximum Gasteiger partial charge on any atom is 0.179 e. The zero-order valence-electron chi connectivity index (χ0n) is 9.65. The number of thioether (sulfide) groups is 1. The van der Waals surface area contributed by atoms with E-state index in [2.05, 4.69) is 34.6 Å². The largest absolute Gasteiger partial charge is 0.329 e. The molecule has 0 aliphatic rings. The lowest BCUT2D eigenvalue weighted by atomic mass is 10.3. The lowest BCUT2D eigenvalue weighted by Crippen LogP contribution is -2.09. The maximum atomic E-state index is 5.34. The van der Waals surface area contributed by atoms with E-state index in [0.29, 0.717) is 5.25 Å². The Balaban J connectivity index is 2.57. The summed E-state index contributed by atoms with van der Waals surface area (Å²) < 4.78 is 2.84. The summed E-state index contributed by atoms with van der Waals surface area (Å²) in [6.07, 6.45) is 3.95. The molecule has 0 saturated heterocycles. The van der Waals surface area contributed by atoms with Gasteiger partial charge < -0.3 is 9.55 Å². The molecule has 2 aromatic heterocycles. The maximum absolute atomic E-state index is 5.34. The number of aromatic amines is 1. The molecule has 2 aromatic rings. The molecule has 0 aromatic carbocycles. The lowest BCUT2D eigenvalue weighted by molar-refractivity contribution is 0.697. The van der Waals surface area contributed by atoms with E-state index in [0.717, 1.165) is 22.5 Å². The Morgan fingerprint density at radius 1 is 1.62 bits per heavy atom. The van der Waals surface area contributed by atoms with E-state index in [1.54, 1.807) is 0 Å². The van der Waals surface area contributed by atoms with Gasteiger partial charge in [0.25, 0.3) is 0 Å². The van der Waals surface area contributed by atoms with Gasteiger partial charge in [-0.15, -0.1) is 0 Å². The van der Waals surface area contributed by atoms with Crippen LogP contribution in [0.1, 0.15) is 12.5 Å². The number of hydrogen-bond donors (Lipinski definition) is 1. The van der Waals surface area contributed by atoms with Crippen molar-refractivity contribution < 1.29 is 0 Å². The number of rotatable bonds is 3. The first kappa shape index (κ1) is 11.7. The summed E-state index contributed by atoms with van der Waals surface area (Å²) in [6, 6.07) is 2.00. The van der Waals surface area contributed by atoms with E-state index in [4.69, 9.17) is 12.2 Å². The van der Waals surface area contributed by atoms with E-state index in [1.165, 1.54) is 5.56 Å². The number of nitrogens with zero attached hydrogens (tertiary/aromatic N) is 2. The van der Waals surface area contributed by atoms with Crippen molar-refractivity contribution in [2.75, 3.05) is 6.26 Å². The second kappa shape index (κ2) is 4.59. The Bertz CT molecular complexity index is 556. The third-order valence-corrected chi connectivity index (χ3v) is 3.99. The van der Waals surface area contributed by atoms with Gasteiger partial charge in [-0.1, -0.05) is 6.92 Å². The van der Waals surface area contributed by atoms with Crippen LogP contribution in [-0.2, 0) is 6.54 Å². The Morgan fingerprint density at radius 2 is 2.38 bits per heavy atom. The second-order valence-corrected chi connectivity index (χ2v) is 5.58. The smallest absolute Gasteiger partial charge is 0.179 e. The van der Waals surface area contributed by atoms with Crippen LogP contribution < -0.4 is 0 Å². The van der Waals surface area contributed by atoms with Crippen LogP contribution in [0.2, 0.25) is 0 Å². The number of fused-ring (bicyclic) bond motifs is 1. The molecule has 0 amide bonds. The topological polar surface area (TPSA) is 33.6 Å². The van der Waals surface area contributed by atoms with Crippen molar-refractivity contribution in [3.63, 3.8) is 0 Å². The summed E-state index contributed by atoms with van der Waals surface area (Å²) in [5.74, 6) is 0. The monoisotopic (exact) mass is 253 g/mol. The van der Waals surface area contributed by atoms with Crippen molar-refractivity contribution in [1.29, 1.82) is 0 Å². The fraction of sp³-hybridized carbons (Fsp3) is 0.455. The normalized spacial score (nSPS) is 13.2. The summed E-state index contributed by atoms with van der Waals surface area (Å²) in [4.78, 5) is 7.64. The molecular formula is C11H15N3S2. The highest BCUT2D eigenvalue weighted by Gasteiger charge is 2.09. The van der Waals surface area contributed by atoms with Crippen molar-refractivity contribution in [2.24, 2.45) is 0 Å². The van der Waals surface area contributed by atoms with Crippen LogP contribution in [-0.4, -0.2) is 26.0 Å². The van der Waals surface area contributed by atoms with Crippen LogP contribution in [0.3, 0.4) is 0 Å². The summed E-state index contributed by atoms with van der Waals surface area (Å²) >= 11 is 7.17. The lowest BCUT2D eigenvalue weighted by Gasteiger charge is -2.09. The number of nitrogens with one attached hydrogen (secondary N) is 1. The summed E-state index contributed by atoms with van der Waals surface area (Å²) in [7, 11) is 0. The van der Waals surface area contributed by atoms with Crippen LogP contribution in [0.4, 0.5) is 0 Å². The molecule has 2 rings (SSSR count). The first-order chi connectivity index (χ1) is 7.63. The van der Waals surface area contributed by atoms with Gasteiger partial charge in [0, 0.05) is 18.0 Å². The highest BCUT2D eigenvalue weighted by atomic mass is 32.2. The predicted octanol–water partition coefficient (Wildman–Crippen LogP) is 3.15. The van der Waals surface area contributed by atoms with Crippen molar-refractivity contribution in [1.82, 2.24) is 14.5 Å². The van der Waals surface area contributed by atoms with Gasteiger partial charge in [-0.05, 0) is 37.0 Å². The Labute approximate surface area is 104 Å². The number of aromatic nitrogens is 3. The van der Waals surface area contributed by atoms with Gasteiger partial charge in [-0.2, -0.15) is 11.8 Å². The van der Waals surface area contributed by atoms with Crippen LogP contribution in [0, 0.1) is 11.7 Å². The Kier molecular flexibility index (Phi) is 3.35. The molecule has 3 nitrogen and oxygen atoms in total. The molecule has 86 valence electrons. The van der Waals surface area contributed by atoms with Gasteiger partial charge in [0.05, 0.1) is 5.52 Å². The molecule has 2 heterocycles. The Hall–Kier alpha value is -0.810. The van der Waals surface area contributed by atoms with E-state index in [1.807, 2.05) is 24.0 Å². The molecule has 1 N–H and O–H groups in total. The van der Waals surface area contributed by atoms with Gasteiger partial charge in [0.2, 0.25) is 0 Å². The molecule has 0 aliphatic carbocycles. The van der Waals surface area contributed by atoms with Crippen molar-refractivity contribution in [3.8, 4) is 0 Å². The van der Waals surface area contributed by atoms with Crippen LogP contribution in [0.25, 0.3) is 11.2 Å². The van der Waals surface area contributed by atoms with Gasteiger partial charge in [0.15, 0.2) is 10.4 Å². The molecule has 0 saturated carbocycles. The highest BCUT2D eigenvalue weighted by Crippen LogP contribution is 2.17. The zero-order chi connectivity index (χ0) is 11.7. The molecule has 0 radical (unpaired) electrons. The number of H-pyrrole nitrogens is 1. The van der Waals surface area contributed by atoms with Gasteiger partial charge >= 0.3 is 0 Å². The summed E-state index contributed by atoms with van der Waals surface area (Å²) in [5.41, 5.74) is 3.21. The first-order valence-electron chi connectivity index (χ1n) is 5.20. The number of imidazole rings is 1. The fourth-order valence-corrected chi connectivity index (χ4v) is 2.24. The quantitative estimate of drug-likeness (QED) is 0.853. The highest BCUT2D eigenvalue weighted by molar-refractivity contribution is 7.99. The number of pyridine rings is 1. The summed E-state index contributed by atoms with van der Waals surface area (Å²) in [6.45, 7) is 5.16. The van der Waals surface area contributed by atoms with Gasteiger partial charge in [-0.25, -0.2) is 4.98 Å². The molecule has 16 heavy (non-hydrogen) atoms. The zero-order valence-corrected chi connectivity index (χ0v) is 11.3. The Morgan fingerprint density at radius 3 is 3.06 bits per heavy atom. The first-order valence-corrected chi connectivity index (χ1v) is 6.90. The van der Waals surface area contributed by atoms with Crippen LogP contribution in [0.15, 0.2) is 12.3 Å². The van der Waals surface area contributed by atoms with E-state index < -0.39 is 0 Å². The molecule has 1 atom stereocenters. The molecule has 0 fully saturated rings. The van der Waals surface area contributed by atoms with E-state index >= 15 is 0 Å². The van der Waals surface area contributed by atoms with E-state index in [-0.39, 0.29) is 0 Å². The third-order valence-electron chi connectivity index (χ3n) is 2.71. The number of hydrogen-bond acceptors (Lipinski definition) is 3. The van der Waals surface area contributed by atoms with Gasteiger partial charge in [0.1, 0.15) is 0 Å². The van der Waals surface area contributed by atoms with Crippen LogP contribution >= 0.6 is 24.0 Å². The standard InChI is InChI=1S/C11H15N3S2/c1-7-4-5-12-10-9(7)13-11(15)14(10)6-8(2)16-3/h4-5,8H,6H2,1-3H3,(H,13,15).